The van der Waals surface area contributed by atoms with E-state index < -0.39 is 5.25 Å². The molecule has 1 N–H and O–H groups in total. The third-order valence-corrected chi connectivity index (χ3v) is 5.19. The second-order valence-electron chi connectivity index (χ2n) is 7.31. The Kier molecular flexibility index (Phi) is 6.05. The fourth-order valence-electron chi connectivity index (χ4n) is 2.37. The van der Waals surface area contributed by atoms with Gasteiger partial charge in [0, 0.05) is 11.8 Å². The Bertz CT molecular complexity index is 950. The first-order valence-electron chi connectivity index (χ1n) is 8.76. The van der Waals surface area contributed by atoms with Gasteiger partial charge < -0.3 is 9.73 Å². The van der Waals surface area contributed by atoms with E-state index in [1.165, 1.54) is 23.5 Å². The van der Waals surface area contributed by atoms with E-state index in [-0.39, 0.29) is 11.3 Å². The number of benzene rings is 1. The van der Waals surface area contributed by atoms with Crippen LogP contribution in [-0.2, 0) is 10.2 Å². The standard InChI is InChI=1S/C20H21ClN4O2S/c1-12(17(26)23-16-10-9-15(21)11-22-16)28-19-25-24-18(27-19)13-5-7-14(8-6-13)20(2,3)4/h5-12H,1-4H3,(H,22,23,26)/t12-/m1/s1. The molecule has 2 heterocycles. The molecule has 0 fully saturated rings. The van der Waals surface area contributed by atoms with Crippen molar-refractivity contribution in [1.29, 1.82) is 0 Å². The lowest BCUT2D eigenvalue weighted by Gasteiger charge is -2.18. The fourth-order valence-corrected chi connectivity index (χ4v) is 3.16. The molecule has 146 valence electrons. The molecule has 1 aromatic carbocycles. The zero-order valence-corrected chi connectivity index (χ0v) is 17.6. The van der Waals surface area contributed by atoms with Crippen molar-refractivity contribution in [2.24, 2.45) is 0 Å². The molecule has 28 heavy (non-hydrogen) atoms. The minimum absolute atomic E-state index is 0.0795. The number of aromatic nitrogens is 3. The van der Waals surface area contributed by atoms with Crippen LogP contribution in [0, 0.1) is 0 Å². The van der Waals surface area contributed by atoms with Gasteiger partial charge in [-0.1, -0.05) is 56.3 Å². The number of halogens is 1. The first-order chi connectivity index (χ1) is 13.2. The maximum Gasteiger partial charge on any atom is 0.277 e. The van der Waals surface area contributed by atoms with Crippen LogP contribution in [0.15, 0.2) is 52.2 Å². The van der Waals surface area contributed by atoms with Crippen molar-refractivity contribution in [2.75, 3.05) is 5.32 Å². The topological polar surface area (TPSA) is 80.9 Å². The first-order valence-corrected chi connectivity index (χ1v) is 10.0. The summed E-state index contributed by atoms with van der Waals surface area (Å²) in [6, 6.07) is 11.3. The van der Waals surface area contributed by atoms with Gasteiger partial charge in [-0.15, -0.1) is 10.2 Å². The molecular formula is C20H21ClN4O2S. The molecule has 1 atom stereocenters. The van der Waals surface area contributed by atoms with E-state index in [0.29, 0.717) is 22.0 Å². The quantitative estimate of drug-likeness (QED) is 0.575. The van der Waals surface area contributed by atoms with Gasteiger partial charge >= 0.3 is 0 Å². The van der Waals surface area contributed by atoms with Crippen molar-refractivity contribution < 1.29 is 9.21 Å². The van der Waals surface area contributed by atoms with Crippen molar-refractivity contribution in [1.82, 2.24) is 15.2 Å². The number of carbonyl (C=O) groups excluding carboxylic acids is 1. The molecule has 0 saturated carbocycles. The molecule has 3 aromatic rings. The minimum Gasteiger partial charge on any atom is -0.411 e. The van der Waals surface area contributed by atoms with Gasteiger partial charge in [-0.2, -0.15) is 0 Å². The number of thioether (sulfide) groups is 1. The lowest BCUT2D eigenvalue weighted by molar-refractivity contribution is -0.115. The number of carbonyl (C=O) groups is 1. The van der Waals surface area contributed by atoms with E-state index in [2.05, 4.69) is 53.4 Å². The third kappa shape index (κ3) is 5.11. The highest BCUT2D eigenvalue weighted by Gasteiger charge is 2.20. The first kappa shape index (κ1) is 20.4. The highest BCUT2D eigenvalue weighted by molar-refractivity contribution is 8.00. The number of hydrogen-bond donors (Lipinski definition) is 1. The second kappa shape index (κ2) is 8.32. The molecule has 0 aliphatic carbocycles. The molecule has 0 saturated heterocycles. The van der Waals surface area contributed by atoms with E-state index in [1.807, 2.05) is 12.1 Å². The summed E-state index contributed by atoms with van der Waals surface area (Å²) in [5, 5.41) is 11.3. The average molecular weight is 417 g/mol. The Labute approximate surface area is 173 Å². The fraction of sp³-hybridized carbons (Fsp3) is 0.300. The smallest absolute Gasteiger partial charge is 0.277 e. The van der Waals surface area contributed by atoms with Gasteiger partial charge in [0.2, 0.25) is 11.8 Å². The minimum atomic E-state index is -0.436. The van der Waals surface area contributed by atoms with Crippen LogP contribution in [0.2, 0.25) is 5.02 Å². The van der Waals surface area contributed by atoms with Gasteiger partial charge in [-0.05, 0) is 42.2 Å². The molecule has 0 aliphatic rings. The van der Waals surface area contributed by atoms with Crippen LogP contribution in [0.1, 0.15) is 33.3 Å². The summed E-state index contributed by atoms with van der Waals surface area (Å²) in [5.41, 5.74) is 2.15. The second-order valence-corrected chi connectivity index (χ2v) is 9.04. The molecule has 2 aromatic heterocycles. The number of amides is 1. The van der Waals surface area contributed by atoms with Crippen molar-refractivity contribution in [3.8, 4) is 11.5 Å². The largest absolute Gasteiger partial charge is 0.411 e. The molecule has 0 aliphatic heterocycles. The Morgan fingerprint density at radius 1 is 1.14 bits per heavy atom. The summed E-state index contributed by atoms with van der Waals surface area (Å²) in [6.07, 6.45) is 1.48. The van der Waals surface area contributed by atoms with Crippen LogP contribution in [0.5, 0.6) is 0 Å². The lowest BCUT2D eigenvalue weighted by atomic mass is 9.87. The van der Waals surface area contributed by atoms with Crippen molar-refractivity contribution in [2.45, 2.75) is 43.6 Å². The SMILES string of the molecule is C[C@@H](Sc1nnc(-c2ccc(C(C)(C)C)cc2)o1)C(=O)Nc1ccc(Cl)cn1. The molecule has 3 rings (SSSR count). The van der Waals surface area contributed by atoms with E-state index in [9.17, 15) is 4.79 Å². The van der Waals surface area contributed by atoms with E-state index in [4.69, 9.17) is 16.0 Å². The maximum atomic E-state index is 12.3. The molecule has 6 nitrogen and oxygen atoms in total. The number of nitrogens with zero attached hydrogens (tertiary/aromatic N) is 3. The zero-order valence-electron chi connectivity index (χ0n) is 16.1. The lowest BCUT2D eigenvalue weighted by Crippen LogP contribution is -2.22. The maximum absolute atomic E-state index is 12.3. The van der Waals surface area contributed by atoms with Crippen molar-refractivity contribution in [3.63, 3.8) is 0 Å². The summed E-state index contributed by atoms with van der Waals surface area (Å²) in [4.78, 5) is 16.4. The molecule has 0 radical (unpaired) electrons. The van der Waals surface area contributed by atoms with E-state index in [1.54, 1.807) is 19.1 Å². The van der Waals surface area contributed by atoms with Crippen LogP contribution in [0.3, 0.4) is 0 Å². The normalized spacial score (nSPS) is 12.6. The molecule has 0 unspecified atom stereocenters. The number of nitrogens with one attached hydrogen (secondary N) is 1. The molecule has 8 heteroatoms. The van der Waals surface area contributed by atoms with Gasteiger partial charge in [0.05, 0.1) is 10.3 Å². The van der Waals surface area contributed by atoms with E-state index >= 15 is 0 Å². The van der Waals surface area contributed by atoms with Gasteiger partial charge in [-0.25, -0.2) is 4.98 Å². The zero-order chi connectivity index (χ0) is 20.3. The summed E-state index contributed by atoms with van der Waals surface area (Å²) in [7, 11) is 0. The molecule has 0 spiro atoms. The van der Waals surface area contributed by atoms with Gasteiger partial charge in [0.15, 0.2) is 0 Å². The Morgan fingerprint density at radius 3 is 2.46 bits per heavy atom. The van der Waals surface area contributed by atoms with Crippen molar-refractivity contribution in [3.05, 3.63) is 53.2 Å². The van der Waals surface area contributed by atoms with Crippen LogP contribution in [0.4, 0.5) is 5.82 Å². The highest BCUT2D eigenvalue weighted by atomic mass is 35.5. The van der Waals surface area contributed by atoms with Crippen LogP contribution in [0.25, 0.3) is 11.5 Å². The summed E-state index contributed by atoms with van der Waals surface area (Å²) in [5.74, 6) is 0.649. The van der Waals surface area contributed by atoms with E-state index in [0.717, 1.165) is 5.56 Å². The molecule has 0 bridgehead atoms. The van der Waals surface area contributed by atoms with Crippen molar-refractivity contribution >= 4 is 35.1 Å². The Balaban J connectivity index is 1.63. The molecular weight excluding hydrogens is 396 g/mol. The number of rotatable bonds is 5. The van der Waals surface area contributed by atoms with Crippen LogP contribution in [-0.4, -0.2) is 26.3 Å². The summed E-state index contributed by atoms with van der Waals surface area (Å²) >= 11 is 6.99. The summed E-state index contributed by atoms with van der Waals surface area (Å²) in [6.45, 7) is 8.25. The van der Waals surface area contributed by atoms with Gasteiger partial charge in [0.1, 0.15) is 5.82 Å². The number of hydrogen-bond acceptors (Lipinski definition) is 6. The monoisotopic (exact) mass is 416 g/mol. The van der Waals surface area contributed by atoms with Crippen LogP contribution < -0.4 is 5.32 Å². The summed E-state index contributed by atoms with van der Waals surface area (Å²) < 4.78 is 5.71. The van der Waals surface area contributed by atoms with Gasteiger partial charge in [-0.3, -0.25) is 4.79 Å². The predicted octanol–water partition coefficient (Wildman–Crippen LogP) is 5.20. The average Bonchev–Trinajstić information content (AvgIpc) is 3.11. The number of pyridine rings is 1. The highest BCUT2D eigenvalue weighted by Crippen LogP contribution is 2.29. The Hall–Kier alpha value is -2.38. The predicted molar refractivity (Wildman–Crippen MR) is 112 cm³/mol. The molecule has 1 amide bonds. The number of anilines is 1. The third-order valence-electron chi connectivity index (χ3n) is 4.03. The van der Waals surface area contributed by atoms with Crippen LogP contribution >= 0.6 is 23.4 Å². The Morgan fingerprint density at radius 2 is 1.86 bits per heavy atom. The van der Waals surface area contributed by atoms with Gasteiger partial charge in [0.25, 0.3) is 5.22 Å².